The molecule has 0 radical (unpaired) electrons. The number of hydrogen-bond acceptors (Lipinski definition) is 2. The third-order valence-electron chi connectivity index (χ3n) is 2.41. The predicted octanol–water partition coefficient (Wildman–Crippen LogP) is 2.60. The van der Waals surface area contributed by atoms with Gasteiger partial charge in [0.05, 0.1) is 4.47 Å². The number of amides is 2. The number of carbonyl (C=O) groups is 1. The zero-order chi connectivity index (χ0) is 13.1. The second-order valence-corrected chi connectivity index (χ2v) is 4.64. The molecular weight excluding hydrogens is 296 g/mol. The first-order chi connectivity index (χ1) is 8.60. The van der Waals surface area contributed by atoms with Crippen molar-refractivity contribution < 1.29 is 4.79 Å². The molecule has 2 N–H and O–H groups in total. The number of benzene rings is 1. The van der Waals surface area contributed by atoms with Crippen molar-refractivity contribution in [2.24, 2.45) is 7.05 Å². The van der Waals surface area contributed by atoms with Gasteiger partial charge in [-0.25, -0.2) is 4.79 Å². The number of carbonyl (C=O) groups excluding carboxylic acids is 1. The molecule has 2 aromatic rings. The van der Waals surface area contributed by atoms with Crippen LogP contribution in [0.2, 0.25) is 0 Å². The third-order valence-corrected chi connectivity index (χ3v) is 2.99. The number of rotatable bonds is 2. The lowest BCUT2D eigenvalue weighted by Gasteiger charge is -2.05. The number of nitrogens with zero attached hydrogens (tertiary/aromatic N) is 2. The Morgan fingerprint density at radius 2 is 2.22 bits per heavy atom. The molecule has 0 unspecified atom stereocenters. The lowest BCUT2D eigenvalue weighted by atomic mass is 10.1. The van der Waals surface area contributed by atoms with Crippen LogP contribution in [-0.2, 0) is 7.05 Å². The molecule has 5 nitrogen and oxygen atoms in total. The first kappa shape index (κ1) is 12.6. The van der Waals surface area contributed by atoms with E-state index in [2.05, 4.69) is 31.7 Å². The molecule has 0 aliphatic heterocycles. The molecule has 1 aromatic carbocycles. The highest BCUT2D eigenvalue weighted by atomic mass is 79.9. The van der Waals surface area contributed by atoms with Crippen LogP contribution in [0.1, 0.15) is 0 Å². The number of aromatic nitrogens is 2. The number of nitrogens with one attached hydrogen (secondary N) is 2. The number of urea groups is 1. The predicted molar refractivity (Wildman–Crippen MR) is 74.4 cm³/mol. The molecule has 1 heterocycles. The monoisotopic (exact) mass is 308 g/mol. The van der Waals surface area contributed by atoms with Crippen LogP contribution in [0.5, 0.6) is 0 Å². The normalized spacial score (nSPS) is 10.2. The van der Waals surface area contributed by atoms with Crippen molar-refractivity contribution in [3.05, 3.63) is 34.9 Å². The molecule has 2 rings (SSSR count). The lowest BCUT2D eigenvalue weighted by Crippen LogP contribution is -2.24. The van der Waals surface area contributed by atoms with Crippen molar-refractivity contribution in [1.29, 1.82) is 0 Å². The molecule has 0 bridgehead atoms. The Balaban J connectivity index is 2.32. The second-order valence-electron chi connectivity index (χ2n) is 3.78. The molecule has 18 heavy (non-hydrogen) atoms. The SMILES string of the molecule is CNC(=O)Nc1cccc(-c2nn(C)cc2Br)c1. The van der Waals surface area contributed by atoms with E-state index in [1.165, 1.54) is 0 Å². The Morgan fingerprint density at radius 3 is 2.83 bits per heavy atom. The molecule has 0 aliphatic rings. The average molecular weight is 309 g/mol. The average Bonchev–Trinajstić information content (AvgIpc) is 2.68. The third kappa shape index (κ3) is 2.70. The number of aryl methyl sites for hydroxylation is 1. The molecule has 0 saturated carbocycles. The molecule has 6 heteroatoms. The van der Waals surface area contributed by atoms with E-state index >= 15 is 0 Å². The van der Waals surface area contributed by atoms with Crippen LogP contribution in [-0.4, -0.2) is 22.9 Å². The number of halogens is 1. The summed E-state index contributed by atoms with van der Waals surface area (Å²) in [4.78, 5) is 11.2. The Morgan fingerprint density at radius 1 is 1.44 bits per heavy atom. The van der Waals surface area contributed by atoms with Gasteiger partial charge < -0.3 is 10.6 Å². The largest absolute Gasteiger partial charge is 0.341 e. The number of hydrogen-bond donors (Lipinski definition) is 2. The highest BCUT2D eigenvalue weighted by Crippen LogP contribution is 2.28. The minimum Gasteiger partial charge on any atom is -0.341 e. The first-order valence-corrected chi connectivity index (χ1v) is 6.18. The molecule has 0 spiro atoms. The van der Waals surface area contributed by atoms with Crippen LogP contribution in [0, 0.1) is 0 Å². The van der Waals surface area contributed by atoms with Crippen molar-refractivity contribution in [3.63, 3.8) is 0 Å². The van der Waals surface area contributed by atoms with Crippen molar-refractivity contribution >= 4 is 27.6 Å². The molecule has 2 amide bonds. The maximum absolute atomic E-state index is 11.2. The van der Waals surface area contributed by atoms with E-state index in [1.54, 1.807) is 11.7 Å². The fourth-order valence-corrected chi connectivity index (χ4v) is 2.20. The zero-order valence-corrected chi connectivity index (χ0v) is 11.7. The van der Waals surface area contributed by atoms with Gasteiger partial charge in [0, 0.05) is 31.5 Å². The summed E-state index contributed by atoms with van der Waals surface area (Å²) < 4.78 is 2.65. The summed E-state index contributed by atoms with van der Waals surface area (Å²) in [5.41, 5.74) is 2.51. The maximum atomic E-state index is 11.2. The van der Waals surface area contributed by atoms with Gasteiger partial charge in [-0.3, -0.25) is 4.68 Å². The minimum atomic E-state index is -0.243. The van der Waals surface area contributed by atoms with Crippen LogP contribution in [0.15, 0.2) is 34.9 Å². The molecule has 94 valence electrons. The summed E-state index contributed by atoms with van der Waals surface area (Å²) >= 11 is 3.46. The maximum Gasteiger partial charge on any atom is 0.318 e. The van der Waals surface area contributed by atoms with E-state index in [4.69, 9.17) is 0 Å². The summed E-state index contributed by atoms with van der Waals surface area (Å²) in [6.07, 6.45) is 1.88. The van der Waals surface area contributed by atoms with Crippen molar-refractivity contribution in [3.8, 4) is 11.3 Å². The Kier molecular flexibility index (Phi) is 3.66. The Labute approximate surface area is 113 Å². The van der Waals surface area contributed by atoms with Crippen LogP contribution < -0.4 is 10.6 Å². The van der Waals surface area contributed by atoms with Crippen LogP contribution in [0.3, 0.4) is 0 Å². The fourth-order valence-electron chi connectivity index (χ4n) is 1.59. The van der Waals surface area contributed by atoms with Gasteiger partial charge in [-0.2, -0.15) is 5.10 Å². The molecule has 0 saturated heterocycles. The van der Waals surface area contributed by atoms with E-state index in [-0.39, 0.29) is 6.03 Å². The van der Waals surface area contributed by atoms with E-state index in [9.17, 15) is 4.79 Å². The van der Waals surface area contributed by atoms with Gasteiger partial charge in [-0.1, -0.05) is 12.1 Å². The summed E-state index contributed by atoms with van der Waals surface area (Å²) in [6.45, 7) is 0. The van der Waals surface area contributed by atoms with Crippen LogP contribution in [0.25, 0.3) is 11.3 Å². The van der Waals surface area contributed by atoms with Crippen LogP contribution in [0.4, 0.5) is 10.5 Å². The molecule has 0 aliphatic carbocycles. The summed E-state index contributed by atoms with van der Waals surface area (Å²) in [5, 5.41) is 9.60. The highest BCUT2D eigenvalue weighted by Gasteiger charge is 2.08. The van der Waals surface area contributed by atoms with Crippen molar-refractivity contribution in [2.75, 3.05) is 12.4 Å². The smallest absolute Gasteiger partial charge is 0.318 e. The van der Waals surface area contributed by atoms with Crippen LogP contribution >= 0.6 is 15.9 Å². The summed E-state index contributed by atoms with van der Waals surface area (Å²) in [7, 11) is 3.44. The van der Waals surface area contributed by atoms with Gasteiger partial charge in [0.15, 0.2) is 0 Å². The van der Waals surface area contributed by atoms with E-state index in [0.29, 0.717) is 0 Å². The van der Waals surface area contributed by atoms with Gasteiger partial charge in [0.2, 0.25) is 0 Å². The van der Waals surface area contributed by atoms with Crippen molar-refractivity contribution in [1.82, 2.24) is 15.1 Å². The standard InChI is InChI=1S/C12H13BrN4O/c1-14-12(18)15-9-5-3-4-8(6-9)11-10(13)7-17(2)16-11/h3-7H,1-2H3,(H2,14,15,18). The fraction of sp³-hybridized carbons (Fsp3) is 0.167. The quantitative estimate of drug-likeness (QED) is 0.896. The van der Waals surface area contributed by atoms with E-state index < -0.39 is 0 Å². The summed E-state index contributed by atoms with van der Waals surface area (Å²) in [5.74, 6) is 0. The highest BCUT2D eigenvalue weighted by molar-refractivity contribution is 9.10. The zero-order valence-electron chi connectivity index (χ0n) is 10.1. The Bertz CT molecular complexity index is 579. The Hall–Kier alpha value is -1.82. The molecular formula is C12H13BrN4O. The van der Waals surface area contributed by atoms with Gasteiger partial charge in [-0.15, -0.1) is 0 Å². The molecule has 0 fully saturated rings. The van der Waals surface area contributed by atoms with Gasteiger partial charge >= 0.3 is 6.03 Å². The van der Waals surface area contributed by atoms with Gasteiger partial charge in [-0.05, 0) is 28.1 Å². The van der Waals surface area contributed by atoms with Gasteiger partial charge in [0.1, 0.15) is 5.69 Å². The van der Waals surface area contributed by atoms with E-state index in [1.807, 2.05) is 37.5 Å². The lowest BCUT2D eigenvalue weighted by molar-refractivity contribution is 0.254. The van der Waals surface area contributed by atoms with E-state index in [0.717, 1.165) is 21.4 Å². The number of anilines is 1. The van der Waals surface area contributed by atoms with Gasteiger partial charge in [0.25, 0.3) is 0 Å². The molecule has 0 atom stereocenters. The topological polar surface area (TPSA) is 59.0 Å². The molecule has 1 aromatic heterocycles. The first-order valence-electron chi connectivity index (χ1n) is 5.38. The minimum absolute atomic E-state index is 0.243. The summed E-state index contributed by atoms with van der Waals surface area (Å²) in [6, 6.07) is 7.29. The second kappa shape index (κ2) is 5.22. The van der Waals surface area contributed by atoms with Crippen molar-refractivity contribution in [2.45, 2.75) is 0 Å².